The van der Waals surface area contributed by atoms with Gasteiger partial charge in [0.2, 0.25) is 0 Å². The second-order valence-electron chi connectivity index (χ2n) is 3.25. The number of nitrogens with two attached hydrogens (primary N) is 1. The number of hydrogen-bond acceptors (Lipinski definition) is 4. The minimum atomic E-state index is -0.431. The van der Waals surface area contributed by atoms with Crippen LogP contribution in [0.3, 0.4) is 0 Å². The van der Waals surface area contributed by atoms with Crippen molar-refractivity contribution in [2.24, 2.45) is 17.6 Å². The number of ether oxygens (including phenoxy) is 1. The molecule has 0 radical (unpaired) electrons. The molecule has 1 aliphatic rings. The van der Waals surface area contributed by atoms with Gasteiger partial charge in [-0.15, -0.1) is 0 Å². The summed E-state index contributed by atoms with van der Waals surface area (Å²) in [5, 5.41) is 9.42. The summed E-state index contributed by atoms with van der Waals surface area (Å²) >= 11 is 0. The molecule has 0 amide bonds. The van der Waals surface area contributed by atoms with Crippen LogP contribution in [-0.4, -0.2) is 30.8 Å². The van der Waals surface area contributed by atoms with E-state index in [1.807, 2.05) is 0 Å². The van der Waals surface area contributed by atoms with E-state index < -0.39 is 6.10 Å². The molecule has 1 fully saturated rings. The van der Waals surface area contributed by atoms with Gasteiger partial charge in [0.15, 0.2) is 0 Å². The highest BCUT2D eigenvalue weighted by atomic mass is 16.5. The zero-order chi connectivity index (χ0) is 9.14. The molecule has 1 saturated carbocycles. The summed E-state index contributed by atoms with van der Waals surface area (Å²) in [5.74, 6) is -0.322. The highest BCUT2D eigenvalue weighted by molar-refractivity contribution is 5.72. The lowest BCUT2D eigenvalue weighted by Crippen LogP contribution is -2.21. The van der Waals surface area contributed by atoms with Crippen LogP contribution >= 0.6 is 0 Å². The predicted molar refractivity (Wildman–Crippen MR) is 43.3 cm³/mol. The predicted octanol–water partition coefficient (Wildman–Crippen LogP) is -0.495. The van der Waals surface area contributed by atoms with E-state index in [4.69, 9.17) is 5.73 Å². The number of aliphatic hydroxyl groups excluding tert-OH is 1. The van der Waals surface area contributed by atoms with Gasteiger partial charge >= 0.3 is 5.97 Å². The summed E-state index contributed by atoms with van der Waals surface area (Å²) in [7, 11) is 1.37. The molecule has 70 valence electrons. The van der Waals surface area contributed by atoms with Crippen molar-refractivity contribution in [1.29, 1.82) is 0 Å². The summed E-state index contributed by atoms with van der Waals surface area (Å²) in [5.41, 5.74) is 5.42. The van der Waals surface area contributed by atoms with Crippen molar-refractivity contribution in [2.45, 2.75) is 18.9 Å². The van der Waals surface area contributed by atoms with Crippen LogP contribution in [0.5, 0.6) is 0 Å². The SMILES string of the molecule is COC(=O)[C@@H]1C[C@H](CN)[C@H](O)C1. The third kappa shape index (κ3) is 1.76. The van der Waals surface area contributed by atoms with Gasteiger partial charge in [0.1, 0.15) is 0 Å². The first kappa shape index (κ1) is 9.48. The van der Waals surface area contributed by atoms with Crippen LogP contribution in [0.25, 0.3) is 0 Å². The number of hydrogen-bond donors (Lipinski definition) is 2. The molecule has 12 heavy (non-hydrogen) atoms. The zero-order valence-electron chi connectivity index (χ0n) is 7.19. The molecule has 0 spiro atoms. The second-order valence-corrected chi connectivity index (χ2v) is 3.25. The Hall–Kier alpha value is -0.610. The number of rotatable bonds is 2. The topological polar surface area (TPSA) is 72.5 Å². The summed E-state index contributed by atoms with van der Waals surface area (Å²) in [6.07, 6.45) is 0.720. The Labute approximate surface area is 71.7 Å². The minimum Gasteiger partial charge on any atom is -0.469 e. The maximum atomic E-state index is 11.0. The van der Waals surface area contributed by atoms with Crippen molar-refractivity contribution in [3.05, 3.63) is 0 Å². The lowest BCUT2D eigenvalue weighted by molar-refractivity contribution is -0.145. The van der Waals surface area contributed by atoms with E-state index in [9.17, 15) is 9.90 Å². The first-order chi connectivity index (χ1) is 5.69. The van der Waals surface area contributed by atoms with Crippen molar-refractivity contribution < 1.29 is 14.6 Å². The number of carbonyl (C=O) groups excluding carboxylic acids is 1. The minimum absolute atomic E-state index is 0.0640. The van der Waals surface area contributed by atoms with Crippen LogP contribution in [0, 0.1) is 11.8 Å². The Bertz CT molecular complexity index is 172. The van der Waals surface area contributed by atoms with Gasteiger partial charge in [-0.2, -0.15) is 0 Å². The van der Waals surface area contributed by atoms with Gasteiger partial charge in [0.25, 0.3) is 0 Å². The molecule has 4 nitrogen and oxygen atoms in total. The summed E-state index contributed by atoms with van der Waals surface area (Å²) in [6.45, 7) is 0.439. The molecule has 0 aromatic rings. The molecule has 1 aliphatic carbocycles. The molecule has 0 bridgehead atoms. The summed E-state index contributed by atoms with van der Waals surface area (Å²) < 4.78 is 4.58. The first-order valence-electron chi connectivity index (χ1n) is 4.15. The highest BCUT2D eigenvalue weighted by Crippen LogP contribution is 2.31. The summed E-state index contributed by atoms with van der Waals surface area (Å²) in [4.78, 5) is 11.0. The van der Waals surface area contributed by atoms with Gasteiger partial charge in [-0.25, -0.2) is 0 Å². The van der Waals surface area contributed by atoms with Crippen LogP contribution in [0.4, 0.5) is 0 Å². The number of methoxy groups -OCH3 is 1. The Kier molecular flexibility index (Phi) is 3.05. The lowest BCUT2D eigenvalue weighted by Gasteiger charge is -2.09. The quantitative estimate of drug-likeness (QED) is 0.552. The highest BCUT2D eigenvalue weighted by Gasteiger charge is 2.36. The van der Waals surface area contributed by atoms with Crippen LogP contribution < -0.4 is 5.73 Å². The monoisotopic (exact) mass is 173 g/mol. The normalized spacial score (nSPS) is 35.1. The van der Waals surface area contributed by atoms with E-state index in [0.29, 0.717) is 19.4 Å². The van der Waals surface area contributed by atoms with Crippen LogP contribution in [-0.2, 0) is 9.53 Å². The first-order valence-corrected chi connectivity index (χ1v) is 4.15. The van der Waals surface area contributed by atoms with Crippen molar-refractivity contribution in [3.8, 4) is 0 Å². The van der Waals surface area contributed by atoms with Gasteiger partial charge < -0.3 is 15.6 Å². The maximum Gasteiger partial charge on any atom is 0.308 e. The van der Waals surface area contributed by atoms with E-state index >= 15 is 0 Å². The second kappa shape index (κ2) is 3.87. The van der Waals surface area contributed by atoms with Gasteiger partial charge in [0, 0.05) is 0 Å². The molecule has 0 aromatic carbocycles. The molecule has 3 N–H and O–H groups in total. The molecule has 4 heteroatoms. The van der Waals surface area contributed by atoms with Crippen molar-refractivity contribution in [2.75, 3.05) is 13.7 Å². The Balaban J connectivity index is 2.48. The zero-order valence-corrected chi connectivity index (χ0v) is 7.19. The third-order valence-corrected chi connectivity index (χ3v) is 2.49. The molecule has 0 heterocycles. The van der Waals surface area contributed by atoms with Crippen LogP contribution in [0.2, 0.25) is 0 Å². The summed E-state index contributed by atoms with van der Waals surface area (Å²) in [6, 6.07) is 0. The molecular formula is C8H15NO3. The molecule has 0 aliphatic heterocycles. The fraction of sp³-hybridized carbons (Fsp3) is 0.875. The average molecular weight is 173 g/mol. The van der Waals surface area contributed by atoms with Gasteiger partial charge in [-0.05, 0) is 25.3 Å². The number of aliphatic hydroxyl groups is 1. The van der Waals surface area contributed by atoms with Crippen molar-refractivity contribution in [1.82, 2.24) is 0 Å². The fourth-order valence-corrected chi connectivity index (χ4v) is 1.72. The van der Waals surface area contributed by atoms with E-state index in [-0.39, 0.29) is 17.8 Å². The standard InChI is InChI=1S/C8H15NO3/c1-12-8(11)5-2-6(4-9)7(10)3-5/h5-7,10H,2-4,9H2,1H3/t5-,6-,7-/m1/s1. The van der Waals surface area contributed by atoms with E-state index in [0.717, 1.165) is 0 Å². The van der Waals surface area contributed by atoms with Gasteiger partial charge in [-0.3, -0.25) is 4.79 Å². The molecule has 3 atom stereocenters. The maximum absolute atomic E-state index is 11.0. The molecule has 0 aromatic heterocycles. The van der Waals surface area contributed by atoms with Crippen molar-refractivity contribution in [3.63, 3.8) is 0 Å². The Morgan fingerprint density at radius 1 is 1.67 bits per heavy atom. The van der Waals surface area contributed by atoms with E-state index in [1.165, 1.54) is 7.11 Å². The van der Waals surface area contributed by atoms with Gasteiger partial charge in [0.05, 0.1) is 19.1 Å². The van der Waals surface area contributed by atoms with Crippen LogP contribution in [0.15, 0.2) is 0 Å². The average Bonchev–Trinajstić information content (AvgIpc) is 2.45. The molecule has 0 saturated heterocycles. The number of esters is 1. The van der Waals surface area contributed by atoms with Crippen LogP contribution in [0.1, 0.15) is 12.8 Å². The Morgan fingerprint density at radius 3 is 2.75 bits per heavy atom. The van der Waals surface area contributed by atoms with Crippen molar-refractivity contribution >= 4 is 5.97 Å². The van der Waals surface area contributed by atoms with E-state index in [2.05, 4.69) is 4.74 Å². The van der Waals surface area contributed by atoms with Gasteiger partial charge in [-0.1, -0.05) is 0 Å². The van der Waals surface area contributed by atoms with E-state index in [1.54, 1.807) is 0 Å². The fourth-order valence-electron chi connectivity index (χ4n) is 1.72. The molecular weight excluding hydrogens is 158 g/mol. The molecule has 1 rings (SSSR count). The number of carbonyl (C=O) groups is 1. The third-order valence-electron chi connectivity index (χ3n) is 2.49. The largest absolute Gasteiger partial charge is 0.469 e. The lowest BCUT2D eigenvalue weighted by atomic mass is 10.1. The Morgan fingerprint density at radius 2 is 2.33 bits per heavy atom. The molecule has 0 unspecified atom stereocenters. The smallest absolute Gasteiger partial charge is 0.308 e.